The van der Waals surface area contributed by atoms with Crippen LogP contribution in [0.15, 0.2) is 35.6 Å². The molecule has 0 aromatic heterocycles. The first-order valence-electron chi connectivity index (χ1n) is 3.47. The summed E-state index contributed by atoms with van der Waals surface area (Å²) in [5.41, 5.74) is 7.58. The summed E-state index contributed by atoms with van der Waals surface area (Å²) in [4.78, 5) is 0. The molecule has 0 fully saturated rings. The van der Waals surface area contributed by atoms with Gasteiger partial charge in [-0.05, 0) is 26.3 Å². The van der Waals surface area contributed by atoms with Gasteiger partial charge in [-0.1, -0.05) is 24.3 Å². The molecule has 0 aliphatic carbocycles. The van der Waals surface area contributed by atoms with Crippen molar-refractivity contribution in [1.82, 2.24) is 0 Å². The van der Waals surface area contributed by atoms with Crippen molar-refractivity contribution >= 4 is 0 Å². The van der Waals surface area contributed by atoms with Crippen LogP contribution in [0, 0.1) is 0 Å². The minimum absolute atomic E-state index is 0.834. The van der Waals surface area contributed by atoms with Gasteiger partial charge in [0.15, 0.2) is 0 Å². The zero-order valence-corrected chi connectivity index (χ0v) is 6.89. The molecule has 0 spiro atoms. The van der Waals surface area contributed by atoms with E-state index in [2.05, 4.69) is 0 Å². The summed E-state index contributed by atoms with van der Waals surface area (Å²) < 4.78 is 0. The molecule has 0 saturated carbocycles. The molecule has 2 N–H and O–H groups in total. The van der Waals surface area contributed by atoms with Gasteiger partial charge in [-0.15, -0.1) is 0 Å². The quantitative estimate of drug-likeness (QED) is 0.581. The van der Waals surface area contributed by atoms with Crippen molar-refractivity contribution < 1.29 is 0 Å². The fourth-order valence-electron chi connectivity index (χ4n) is 0.705. The molecule has 56 valence electrons. The normalized spacial score (nSPS) is 14.7. The fourth-order valence-corrected chi connectivity index (χ4v) is 0.705. The maximum absolute atomic E-state index is 5.66. The van der Waals surface area contributed by atoms with Gasteiger partial charge in [0.25, 0.3) is 0 Å². The molecule has 0 atom stereocenters. The summed E-state index contributed by atoms with van der Waals surface area (Å²) >= 11 is 0. The number of nitrogens with two attached hydrogens (primary N) is 1. The van der Waals surface area contributed by atoms with Gasteiger partial charge in [0.05, 0.1) is 0 Å². The molecule has 0 aliphatic heterocycles. The zero-order chi connectivity index (χ0) is 7.98. The Bertz CT molecular complexity index is 173. The van der Waals surface area contributed by atoms with Crippen molar-refractivity contribution in [3.8, 4) is 0 Å². The molecule has 0 radical (unpaired) electrons. The molecule has 0 aromatic carbocycles. The van der Waals surface area contributed by atoms with Crippen LogP contribution in [-0.2, 0) is 0 Å². The third-order valence-electron chi connectivity index (χ3n) is 1.30. The molecule has 10 heavy (non-hydrogen) atoms. The van der Waals surface area contributed by atoms with Crippen LogP contribution in [0.4, 0.5) is 0 Å². The van der Waals surface area contributed by atoms with Gasteiger partial charge in [0.2, 0.25) is 0 Å². The van der Waals surface area contributed by atoms with Gasteiger partial charge in [0.1, 0.15) is 0 Å². The van der Waals surface area contributed by atoms with Gasteiger partial charge < -0.3 is 5.73 Å². The highest BCUT2D eigenvalue weighted by molar-refractivity contribution is 5.36. The molecule has 0 rings (SSSR count). The Morgan fingerprint density at radius 1 is 1.10 bits per heavy atom. The maximum Gasteiger partial charge on any atom is 0.0340 e. The minimum Gasteiger partial charge on any atom is -0.399 e. The number of rotatable bonds is 2. The van der Waals surface area contributed by atoms with Crippen molar-refractivity contribution in [3.63, 3.8) is 0 Å². The second kappa shape index (κ2) is 4.86. The first-order chi connectivity index (χ1) is 4.76. The van der Waals surface area contributed by atoms with Crippen LogP contribution >= 0.6 is 0 Å². The standard InChI is InChI=1S/C9H15N/c1-4-7-8(5-2)9(10)6-3/h4-7H,10H2,1-3H3/b7-4-,8-5+,9-6-. The van der Waals surface area contributed by atoms with Crippen LogP contribution < -0.4 is 5.73 Å². The van der Waals surface area contributed by atoms with Crippen LogP contribution in [-0.4, -0.2) is 0 Å². The predicted octanol–water partition coefficient (Wildman–Crippen LogP) is 2.37. The van der Waals surface area contributed by atoms with Gasteiger partial charge in [-0.3, -0.25) is 0 Å². The summed E-state index contributed by atoms with van der Waals surface area (Å²) in [6.07, 6.45) is 7.87. The summed E-state index contributed by atoms with van der Waals surface area (Å²) in [7, 11) is 0. The lowest BCUT2D eigenvalue weighted by atomic mass is 10.1. The minimum atomic E-state index is 0.834. The van der Waals surface area contributed by atoms with Crippen molar-refractivity contribution in [2.24, 2.45) is 5.73 Å². The lowest BCUT2D eigenvalue weighted by Gasteiger charge is -1.98. The highest BCUT2D eigenvalue weighted by atomic mass is 14.6. The molecule has 0 aliphatic rings. The molecule has 1 heteroatoms. The van der Waals surface area contributed by atoms with E-state index in [1.54, 1.807) is 0 Å². The average molecular weight is 137 g/mol. The van der Waals surface area contributed by atoms with Crippen molar-refractivity contribution in [2.45, 2.75) is 20.8 Å². The van der Waals surface area contributed by atoms with Crippen molar-refractivity contribution in [3.05, 3.63) is 35.6 Å². The summed E-state index contributed by atoms with van der Waals surface area (Å²) in [6, 6.07) is 0. The van der Waals surface area contributed by atoms with E-state index in [1.807, 2.05) is 45.1 Å². The number of hydrogen-bond acceptors (Lipinski definition) is 1. The van der Waals surface area contributed by atoms with Crippen molar-refractivity contribution in [1.29, 1.82) is 0 Å². The number of hydrogen-bond donors (Lipinski definition) is 1. The Kier molecular flexibility index (Phi) is 4.38. The van der Waals surface area contributed by atoms with Gasteiger partial charge in [-0.2, -0.15) is 0 Å². The Labute approximate surface area is 62.9 Å². The number of allylic oxidation sites excluding steroid dienone is 4. The Morgan fingerprint density at radius 3 is 2.00 bits per heavy atom. The van der Waals surface area contributed by atoms with Gasteiger partial charge in [-0.25, -0.2) is 0 Å². The van der Waals surface area contributed by atoms with E-state index < -0.39 is 0 Å². The van der Waals surface area contributed by atoms with E-state index in [-0.39, 0.29) is 0 Å². The topological polar surface area (TPSA) is 26.0 Å². The molecular formula is C9H15N. The SMILES string of the molecule is C\C=C/C(=C\C)C(/N)=C/C. The Balaban J connectivity index is 4.39. The first kappa shape index (κ1) is 9.02. The van der Waals surface area contributed by atoms with Gasteiger partial charge >= 0.3 is 0 Å². The highest BCUT2D eigenvalue weighted by Crippen LogP contribution is 2.04. The zero-order valence-electron chi connectivity index (χ0n) is 6.89. The summed E-state index contributed by atoms with van der Waals surface area (Å²) in [5.74, 6) is 0. The smallest absolute Gasteiger partial charge is 0.0340 e. The Hall–Kier alpha value is -0.980. The molecule has 0 bridgehead atoms. The Morgan fingerprint density at radius 2 is 1.70 bits per heavy atom. The monoisotopic (exact) mass is 137 g/mol. The molecular weight excluding hydrogens is 122 g/mol. The van der Waals surface area contributed by atoms with E-state index >= 15 is 0 Å². The highest BCUT2D eigenvalue weighted by Gasteiger charge is 1.90. The average Bonchev–Trinajstić information content (AvgIpc) is 1.99. The molecule has 1 nitrogen and oxygen atoms in total. The summed E-state index contributed by atoms with van der Waals surface area (Å²) in [6.45, 7) is 5.89. The molecule has 0 aromatic rings. The van der Waals surface area contributed by atoms with Crippen LogP contribution in [0.2, 0.25) is 0 Å². The second-order valence-corrected chi connectivity index (χ2v) is 1.99. The van der Waals surface area contributed by atoms with E-state index in [4.69, 9.17) is 5.73 Å². The van der Waals surface area contributed by atoms with E-state index in [0.717, 1.165) is 11.3 Å². The van der Waals surface area contributed by atoms with Crippen LogP contribution in [0.3, 0.4) is 0 Å². The van der Waals surface area contributed by atoms with E-state index in [9.17, 15) is 0 Å². The second-order valence-electron chi connectivity index (χ2n) is 1.99. The molecule has 0 saturated heterocycles. The van der Waals surface area contributed by atoms with Crippen LogP contribution in [0.1, 0.15) is 20.8 Å². The molecule has 0 amide bonds. The van der Waals surface area contributed by atoms with Gasteiger partial charge in [0, 0.05) is 5.70 Å². The van der Waals surface area contributed by atoms with Crippen LogP contribution in [0.5, 0.6) is 0 Å². The van der Waals surface area contributed by atoms with E-state index in [0.29, 0.717) is 0 Å². The fraction of sp³-hybridized carbons (Fsp3) is 0.333. The lowest BCUT2D eigenvalue weighted by molar-refractivity contribution is 1.31. The summed E-state index contributed by atoms with van der Waals surface area (Å²) in [5, 5.41) is 0. The third-order valence-corrected chi connectivity index (χ3v) is 1.30. The van der Waals surface area contributed by atoms with Crippen molar-refractivity contribution in [2.75, 3.05) is 0 Å². The van der Waals surface area contributed by atoms with E-state index in [1.165, 1.54) is 0 Å². The lowest BCUT2D eigenvalue weighted by Crippen LogP contribution is -1.97. The molecule has 0 heterocycles. The first-order valence-corrected chi connectivity index (χ1v) is 3.47. The third kappa shape index (κ3) is 2.53. The predicted molar refractivity (Wildman–Crippen MR) is 46.5 cm³/mol. The molecule has 0 unspecified atom stereocenters. The van der Waals surface area contributed by atoms with Crippen LogP contribution in [0.25, 0.3) is 0 Å². The maximum atomic E-state index is 5.66. The largest absolute Gasteiger partial charge is 0.399 e.